The van der Waals surface area contributed by atoms with Crippen LogP contribution in [0.25, 0.3) is 11.0 Å². The molecular weight excluding hydrogens is 222 g/mol. The molecular formula is C15H19N3. The Hall–Kier alpha value is -1.35. The number of aromatic nitrogens is 2. The molecule has 2 aliphatic rings. The molecule has 1 aromatic heterocycles. The smallest absolute Gasteiger partial charge is 0.0931 e. The molecule has 1 aromatic carbocycles. The van der Waals surface area contributed by atoms with Crippen LogP contribution in [0.15, 0.2) is 18.5 Å². The van der Waals surface area contributed by atoms with Crippen molar-refractivity contribution in [3.05, 3.63) is 29.6 Å². The second-order valence-electron chi connectivity index (χ2n) is 6.15. The van der Waals surface area contributed by atoms with Gasteiger partial charge in [-0.15, -0.1) is 0 Å². The third kappa shape index (κ3) is 1.20. The van der Waals surface area contributed by atoms with Gasteiger partial charge in [-0.3, -0.25) is 0 Å². The fraction of sp³-hybridized carbons (Fsp3) is 0.533. The Morgan fingerprint density at radius 1 is 1.39 bits per heavy atom. The Bertz CT molecular complexity index is 615. The molecule has 0 saturated carbocycles. The molecule has 2 bridgehead atoms. The highest BCUT2D eigenvalue weighted by molar-refractivity contribution is 5.77. The average molecular weight is 241 g/mol. The summed E-state index contributed by atoms with van der Waals surface area (Å²) >= 11 is 0. The Kier molecular flexibility index (Phi) is 1.97. The lowest BCUT2D eigenvalue weighted by atomic mass is 9.59. The minimum absolute atomic E-state index is 0.316. The maximum Gasteiger partial charge on any atom is 0.0931 e. The van der Waals surface area contributed by atoms with E-state index < -0.39 is 0 Å². The number of hydrogen-bond donors (Lipinski definition) is 2. The van der Waals surface area contributed by atoms with E-state index in [1.807, 2.05) is 0 Å². The van der Waals surface area contributed by atoms with Crippen LogP contribution < -0.4 is 5.32 Å². The first-order chi connectivity index (χ1) is 8.68. The van der Waals surface area contributed by atoms with Crippen LogP contribution in [-0.2, 0) is 11.8 Å². The molecule has 18 heavy (non-hydrogen) atoms. The Morgan fingerprint density at radius 3 is 3.17 bits per heavy atom. The van der Waals surface area contributed by atoms with Gasteiger partial charge in [0, 0.05) is 6.04 Å². The van der Waals surface area contributed by atoms with E-state index in [1.54, 1.807) is 6.33 Å². The summed E-state index contributed by atoms with van der Waals surface area (Å²) in [6, 6.07) is 5.26. The summed E-state index contributed by atoms with van der Waals surface area (Å²) in [5, 5.41) is 3.68. The van der Waals surface area contributed by atoms with E-state index in [0.29, 0.717) is 17.4 Å². The fourth-order valence-corrected chi connectivity index (χ4v) is 3.96. The number of hydrogen-bond acceptors (Lipinski definition) is 2. The molecule has 0 amide bonds. The molecule has 1 aliphatic heterocycles. The highest BCUT2D eigenvalue weighted by Crippen LogP contribution is 2.46. The molecule has 0 radical (unpaired) electrons. The predicted octanol–water partition coefficient (Wildman–Crippen LogP) is 2.37. The standard InChI is InChI=1S/C15H19N3/c1-9-12-5-10-6-13-14(18-8-17-13)7-11(10)15(9,2)3-4-16-12/h6-9,12,16H,3-5H2,1-2H3,(H,17,18)/t9-,12-,15-/m1/s1. The molecule has 3 atom stereocenters. The first kappa shape index (κ1) is 10.6. The molecule has 2 N–H and O–H groups in total. The van der Waals surface area contributed by atoms with Gasteiger partial charge in [0.05, 0.1) is 17.4 Å². The topological polar surface area (TPSA) is 40.7 Å². The van der Waals surface area contributed by atoms with Crippen molar-refractivity contribution in [2.45, 2.75) is 38.1 Å². The molecule has 94 valence electrons. The van der Waals surface area contributed by atoms with Gasteiger partial charge in [-0.2, -0.15) is 0 Å². The summed E-state index contributed by atoms with van der Waals surface area (Å²) < 4.78 is 0. The Labute approximate surface area is 107 Å². The van der Waals surface area contributed by atoms with E-state index in [4.69, 9.17) is 0 Å². The van der Waals surface area contributed by atoms with Crippen LogP contribution in [0.1, 0.15) is 31.4 Å². The zero-order valence-electron chi connectivity index (χ0n) is 11.0. The first-order valence-electron chi connectivity index (χ1n) is 6.88. The van der Waals surface area contributed by atoms with Gasteiger partial charge < -0.3 is 10.3 Å². The lowest BCUT2D eigenvalue weighted by molar-refractivity contribution is 0.158. The van der Waals surface area contributed by atoms with Crippen LogP contribution in [0.5, 0.6) is 0 Å². The summed E-state index contributed by atoms with van der Waals surface area (Å²) in [6.45, 7) is 5.97. The van der Waals surface area contributed by atoms with Crippen LogP contribution in [0.4, 0.5) is 0 Å². The summed E-state index contributed by atoms with van der Waals surface area (Å²) in [5.74, 6) is 0.704. The number of nitrogens with one attached hydrogen (secondary N) is 2. The van der Waals surface area contributed by atoms with Crippen molar-refractivity contribution in [1.82, 2.24) is 15.3 Å². The molecule has 4 rings (SSSR count). The van der Waals surface area contributed by atoms with E-state index in [9.17, 15) is 0 Å². The monoisotopic (exact) mass is 241 g/mol. The van der Waals surface area contributed by atoms with Crippen molar-refractivity contribution in [2.24, 2.45) is 5.92 Å². The highest BCUT2D eigenvalue weighted by atomic mass is 15.0. The number of imidazole rings is 1. The summed E-state index contributed by atoms with van der Waals surface area (Å²) in [7, 11) is 0. The van der Waals surface area contributed by atoms with E-state index in [0.717, 1.165) is 18.5 Å². The molecule has 3 nitrogen and oxygen atoms in total. The van der Waals surface area contributed by atoms with Gasteiger partial charge in [0.15, 0.2) is 0 Å². The summed E-state index contributed by atoms with van der Waals surface area (Å²) in [5.41, 5.74) is 5.64. The zero-order chi connectivity index (χ0) is 12.3. The molecule has 1 aliphatic carbocycles. The van der Waals surface area contributed by atoms with Gasteiger partial charge in [-0.25, -0.2) is 4.98 Å². The van der Waals surface area contributed by atoms with Crippen LogP contribution in [0.3, 0.4) is 0 Å². The Balaban J connectivity index is 1.99. The van der Waals surface area contributed by atoms with Gasteiger partial charge in [0.1, 0.15) is 0 Å². The van der Waals surface area contributed by atoms with Crippen molar-refractivity contribution >= 4 is 11.0 Å². The third-order valence-electron chi connectivity index (χ3n) is 5.36. The third-order valence-corrected chi connectivity index (χ3v) is 5.36. The van der Waals surface area contributed by atoms with Gasteiger partial charge in [0.2, 0.25) is 0 Å². The van der Waals surface area contributed by atoms with Crippen molar-refractivity contribution in [3.8, 4) is 0 Å². The van der Waals surface area contributed by atoms with Crippen molar-refractivity contribution in [2.75, 3.05) is 6.54 Å². The summed E-state index contributed by atoms with van der Waals surface area (Å²) in [6.07, 6.45) is 4.18. The molecule has 0 spiro atoms. The van der Waals surface area contributed by atoms with Crippen LogP contribution >= 0.6 is 0 Å². The number of rotatable bonds is 0. The molecule has 2 heterocycles. The molecule has 0 unspecified atom stereocenters. The number of aromatic amines is 1. The fourth-order valence-electron chi connectivity index (χ4n) is 3.96. The van der Waals surface area contributed by atoms with Gasteiger partial charge in [-0.05, 0) is 54.0 Å². The lowest BCUT2D eigenvalue weighted by Crippen LogP contribution is -2.56. The second-order valence-corrected chi connectivity index (χ2v) is 6.15. The van der Waals surface area contributed by atoms with Crippen molar-refractivity contribution in [1.29, 1.82) is 0 Å². The second kappa shape index (κ2) is 3.35. The lowest BCUT2D eigenvalue weighted by Gasteiger charge is -2.50. The maximum atomic E-state index is 4.42. The number of nitrogens with zero attached hydrogens (tertiary/aromatic N) is 1. The van der Waals surface area contributed by atoms with Gasteiger partial charge >= 0.3 is 0 Å². The van der Waals surface area contributed by atoms with Crippen molar-refractivity contribution in [3.63, 3.8) is 0 Å². The molecule has 1 fully saturated rings. The van der Waals surface area contributed by atoms with E-state index >= 15 is 0 Å². The number of piperidine rings is 1. The van der Waals surface area contributed by atoms with E-state index in [2.05, 4.69) is 41.3 Å². The SMILES string of the molecule is C[C@@H]1[C@H]2Cc3cc4[nH]cnc4cc3[C@]1(C)CCN2. The average Bonchev–Trinajstić information content (AvgIpc) is 2.79. The minimum atomic E-state index is 0.316. The number of fused-ring (bicyclic) bond motifs is 5. The van der Waals surface area contributed by atoms with Crippen LogP contribution in [0, 0.1) is 5.92 Å². The quantitative estimate of drug-likeness (QED) is 0.743. The normalized spacial score (nSPS) is 34.6. The van der Waals surface area contributed by atoms with Gasteiger partial charge in [-0.1, -0.05) is 13.8 Å². The van der Waals surface area contributed by atoms with E-state index in [-0.39, 0.29) is 0 Å². The highest BCUT2D eigenvalue weighted by Gasteiger charge is 2.45. The predicted molar refractivity (Wildman–Crippen MR) is 72.7 cm³/mol. The number of benzene rings is 1. The largest absolute Gasteiger partial charge is 0.345 e. The molecule has 3 heteroatoms. The zero-order valence-corrected chi connectivity index (χ0v) is 11.0. The van der Waals surface area contributed by atoms with E-state index in [1.165, 1.54) is 23.1 Å². The van der Waals surface area contributed by atoms with Gasteiger partial charge in [0.25, 0.3) is 0 Å². The van der Waals surface area contributed by atoms with Crippen molar-refractivity contribution < 1.29 is 0 Å². The molecule has 1 saturated heterocycles. The summed E-state index contributed by atoms with van der Waals surface area (Å²) in [4.78, 5) is 7.65. The minimum Gasteiger partial charge on any atom is -0.345 e. The van der Waals surface area contributed by atoms with Crippen LogP contribution in [-0.4, -0.2) is 22.6 Å². The first-order valence-corrected chi connectivity index (χ1v) is 6.88. The Morgan fingerprint density at radius 2 is 2.28 bits per heavy atom. The number of H-pyrrole nitrogens is 1. The maximum absolute atomic E-state index is 4.42. The molecule has 2 aromatic rings. The van der Waals surface area contributed by atoms with Crippen LogP contribution in [0.2, 0.25) is 0 Å².